The van der Waals surface area contributed by atoms with Crippen LogP contribution in [-0.4, -0.2) is 38.6 Å². The number of carbonyl (C=O) groups excluding carboxylic acids is 1. The van der Waals surface area contributed by atoms with Crippen LogP contribution in [0.5, 0.6) is 5.75 Å². The summed E-state index contributed by atoms with van der Waals surface area (Å²) in [5.74, 6) is 1.09. The summed E-state index contributed by atoms with van der Waals surface area (Å²) in [5.41, 5.74) is 2.89. The lowest BCUT2D eigenvalue weighted by molar-refractivity contribution is 0.0941. The highest BCUT2D eigenvalue weighted by Crippen LogP contribution is 2.12. The van der Waals surface area contributed by atoms with E-state index in [1.807, 2.05) is 51.1 Å². The van der Waals surface area contributed by atoms with Crippen LogP contribution in [0.25, 0.3) is 5.78 Å². The van der Waals surface area contributed by atoms with Gasteiger partial charge in [0.25, 0.3) is 11.7 Å². The lowest BCUT2D eigenvalue weighted by atomic mass is 10.2. The lowest BCUT2D eigenvalue weighted by Gasteiger charge is -2.07. The molecule has 0 atom stereocenters. The van der Waals surface area contributed by atoms with Crippen LogP contribution in [0.1, 0.15) is 34.0 Å². The molecule has 0 fully saturated rings. The maximum Gasteiger partial charge on any atom is 0.291 e. The van der Waals surface area contributed by atoms with Gasteiger partial charge in [-0.1, -0.05) is 12.1 Å². The second-order valence-corrected chi connectivity index (χ2v) is 5.96. The lowest BCUT2D eigenvalue weighted by Crippen LogP contribution is -2.26. The molecule has 0 radical (unpaired) electrons. The van der Waals surface area contributed by atoms with Crippen molar-refractivity contribution in [2.75, 3.05) is 13.2 Å². The summed E-state index contributed by atoms with van der Waals surface area (Å²) >= 11 is 0. The molecule has 7 nitrogen and oxygen atoms in total. The van der Waals surface area contributed by atoms with Crippen molar-refractivity contribution in [3.63, 3.8) is 0 Å². The topological polar surface area (TPSA) is 81.4 Å². The first kappa shape index (κ1) is 16.9. The van der Waals surface area contributed by atoms with Crippen LogP contribution in [0.15, 0.2) is 30.3 Å². The van der Waals surface area contributed by atoms with Crippen molar-refractivity contribution in [2.45, 2.75) is 27.2 Å². The molecular formula is C18H21N5O2. The van der Waals surface area contributed by atoms with E-state index in [1.165, 1.54) is 0 Å². The Morgan fingerprint density at radius 2 is 2.04 bits per heavy atom. The summed E-state index contributed by atoms with van der Waals surface area (Å²) in [7, 11) is 0. The molecule has 2 aromatic heterocycles. The summed E-state index contributed by atoms with van der Waals surface area (Å²) < 4.78 is 7.23. The Balaban J connectivity index is 1.50. The molecule has 0 aliphatic rings. The van der Waals surface area contributed by atoms with E-state index in [1.54, 1.807) is 4.52 Å². The van der Waals surface area contributed by atoms with E-state index < -0.39 is 0 Å². The van der Waals surface area contributed by atoms with Crippen molar-refractivity contribution in [1.29, 1.82) is 0 Å². The van der Waals surface area contributed by atoms with Gasteiger partial charge in [-0.05, 0) is 51.0 Å². The fourth-order valence-electron chi connectivity index (χ4n) is 2.51. The van der Waals surface area contributed by atoms with E-state index >= 15 is 0 Å². The fourth-order valence-corrected chi connectivity index (χ4v) is 2.51. The maximum absolute atomic E-state index is 12.2. The number of rotatable bonds is 6. The van der Waals surface area contributed by atoms with Crippen molar-refractivity contribution < 1.29 is 9.53 Å². The maximum atomic E-state index is 12.2. The van der Waals surface area contributed by atoms with Gasteiger partial charge in [0.2, 0.25) is 5.82 Å². The number of benzene rings is 1. The average molecular weight is 339 g/mol. The van der Waals surface area contributed by atoms with Gasteiger partial charge in [0.1, 0.15) is 5.75 Å². The molecular weight excluding hydrogens is 318 g/mol. The van der Waals surface area contributed by atoms with Gasteiger partial charge in [0.05, 0.1) is 6.61 Å². The van der Waals surface area contributed by atoms with Crippen LogP contribution < -0.4 is 10.1 Å². The zero-order chi connectivity index (χ0) is 17.8. The second kappa shape index (κ2) is 7.29. The molecule has 1 amide bonds. The quantitative estimate of drug-likeness (QED) is 0.697. The molecule has 7 heteroatoms. The smallest absolute Gasteiger partial charge is 0.291 e. The summed E-state index contributed by atoms with van der Waals surface area (Å²) in [6, 6.07) is 9.78. The van der Waals surface area contributed by atoms with Crippen LogP contribution in [0.3, 0.4) is 0 Å². The number of hydrogen-bond donors (Lipinski definition) is 1. The first-order chi connectivity index (χ1) is 12.0. The minimum Gasteiger partial charge on any atom is -0.494 e. The molecule has 1 N–H and O–H groups in total. The molecule has 3 aromatic rings. The molecule has 0 aliphatic heterocycles. The molecule has 0 bridgehead atoms. The van der Waals surface area contributed by atoms with Crippen LogP contribution in [-0.2, 0) is 0 Å². The van der Waals surface area contributed by atoms with E-state index in [4.69, 9.17) is 4.74 Å². The fraction of sp³-hybridized carbons (Fsp3) is 0.333. The number of aromatic nitrogens is 4. The largest absolute Gasteiger partial charge is 0.494 e. The highest BCUT2D eigenvalue weighted by Gasteiger charge is 2.14. The Morgan fingerprint density at radius 3 is 2.84 bits per heavy atom. The van der Waals surface area contributed by atoms with Gasteiger partial charge in [-0.15, -0.1) is 5.10 Å². The number of amides is 1. The Kier molecular flexibility index (Phi) is 4.92. The molecule has 0 unspecified atom stereocenters. The number of carbonyl (C=O) groups is 1. The number of fused-ring (bicyclic) bond motifs is 1. The number of aryl methyl sites for hydroxylation is 3. The number of ether oxygens (including phenoxy) is 1. The predicted molar refractivity (Wildman–Crippen MR) is 93.9 cm³/mol. The Morgan fingerprint density at radius 1 is 1.20 bits per heavy atom. The molecule has 0 spiro atoms. The second-order valence-electron chi connectivity index (χ2n) is 5.96. The zero-order valence-electron chi connectivity index (χ0n) is 14.6. The molecule has 2 heterocycles. The standard InChI is InChI=1S/C18H21N5O2/c1-12-6-4-7-15(10-12)25-9-5-8-19-17(24)16-21-18-20-13(2)11-14(3)23(18)22-16/h4,6-7,10-11H,5,8-9H2,1-3H3,(H,19,24). The molecule has 130 valence electrons. The summed E-state index contributed by atoms with van der Waals surface area (Å²) in [6.45, 7) is 6.83. The van der Waals surface area contributed by atoms with Crippen LogP contribution >= 0.6 is 0 Å². The summed E-state index contributed by atoms with van der Waals surface area (Å²) in [6.07, 6.45) is 0.698. The third kappa shape index (κ3) is 4.12. The molecule has 0 saturated carbocycles. The van der Waals surface area contributed by atoms with Gasteiger partial charge < -0.3 is 10.1 Å². The van der Waals surface area contributed by atoms with E-state index in [2.05, 4.69) is 20.4 Å². The average Bonchev–Trinajstić information content (AvgIpc) is 2.99. The van der Waals surface area contributed by atoms with Gasteiger partial charge in [0.15, 0.2) is 0 Å². The van der Waals surface area contributed by atoms with Crippen molar-refractivity contribution in [3.05, 3.63) is 53.1 Å². The molecule has 1 aromatic carbocycles. The number of hydrogen-bond acceptors (Lipinski definition) is 5. The monoisotopic (exact) mass is 339 g/mol. The minimum absolute atomic E-state index is 0.126. The Hall–Kier alpha value is -2.96. The molecule has 3 rings (SSSR count). The van der Waals surface area contributed by atoms with Crippen LogP contribution in [0.2, 0.25) is 0 Å². The zero-order valence-corrected chi connectivity index (χ0v) is 14.6. The van der Waals surface area contributed by atoms with Crippen molar-refractivity contribution in [3.8, 4) is 5.75 Å². The van der Waals surface area contributed by atoms with Crippen LogP contribution in [0.4, 0.5) is 0 Å². The van der Waals surface area contributed by atoms with Crippen LogP contribution in [0, 0.1) is 20.8 Å². The highest BCUT2D eigenvalue weighted by atomic mass is 16.5. The van der Waals surface area contributed by atoms with E-state index in [-0.39, 0.29) is 11.7 Å². The molecule has 25 heavy (non-hydrogen) atoms. The summed E-state index contributed by atoms with van der Waals surface area (Å²) in [5, 5.41) is 7.02. The van der Waals surface area contributed by atoms with Gasteiger partial charge in [-0.2, -0.15) is 4.98 Å². The predicted octanol–water partition coefficient (Wildman–Crippen LogP) is 2.25. The number of nitrogens with zero attached hydrogens (tertiary/aromatic N) is 4. The van der Waals surface area contributed by atoms with Gasteiger partial charge >= 0.3 is 0 Å². The van der Waals surface area contributed by atoms with Crippen molar-refractivity contribution >= 4 is 11.7 Å². The van der Waals surface area contributed by atoms with Gasteiger partial charge in [-0.3, -0.25) is 4.79 Å². The van der Waals surface area contributed by atoms with E-state index in [9.17, 15) is 4.79 Å². The Bertz CT molecular complexity index is 904. The van der Waals surface area contributed by atoms with Gasteiger partial charge in [-0.25, -0.2) is 9.50 Å². The van der Waals surface area contributed by atoms with Crippen molar-refractivity contribution in [1.82, 2.24) is 24.9 Å². The van der Waals surface area contributed by atoms with E-state index in [0.29, 0.717) is 25.4 Å². The number of nitrogens with one attached hydrogen (secondary N) is 1. The Labute approximate surface area is 146 Å². The highest BCUT2D eigenvalue weighted by molar-refractivity contribution is 5.90. The normalized spacial score (nSPS) is 10.8. The molecule has 0 aliphatic carbocycles. The third-order valence-corrected chi connectivity index (χ3v) is 3.69. The first-order valence-corrected chi connectivity index (χ1v) is 8.21. The summed E-state index contributed by atoms with van der Waals surface area (Å²) in [4.78, 5) is 20.6. The van der Waals surface area contributed by atoms with Gasteiger partial charge in [0, 0.05) is 17.9 Å². The van der Waals surface area contributed by atoms with E-state index in [0.717, 1.165) is 22.7 Å². The SMILES string of the molecule is Cc1cccc(OCCCNC(=O)c2nc3nc(C)cc(C)n3n2)c1. The first-order valence-electron chi connectivity index (χ1n) is 8.21. The minimum atomic E-state index is -0.307. The van der Waals surface area contributed by atoms with Crippen molar-refractivity contribution in [2.24, 2.45) is 0 Å². The third-order valence-electron chi connectivity index (χ3n) is 3.69. The molecule has 0 saturated heterocycles.